The number of pyridine rings is 1. The van der Waals surface area contributed by atoms with Crippen LogP contribution in [0.4, 0.5) is 0 Å². The van der Waals surface area contributed by atoms with E-state index in [4.69, 9.17) is 4.52 Å². The predicted octanol–water partition coefficient (Wildman–Crippen LogP) is 3.73. The summed E-state index contributed by atoms with van der Waals surface area (Å²) < 4.78 is 7.42. The van der Waals surface area contributed by atoms with Crippen LogP contribution in [-0.2, 0) is 0 Å². The molecule has 4 rings (SSSR count). The van der Waals surface area contributed by atoms with Crippen LogP contribution in [0.3, 0.4) is 0 Å². The van der Waals surface area contributed by atoms with Gasteiger partial charge >= 0.3 is 0 Å². The highest BCUT2D eigenvalue weighted by molar-refractivity contribution is 5.51. The van der Waals surface area contributed by atoms with Crippen LogP contribution in [0.1, 0.15) is 37.4 Å². The molecule has 3 heterocycles. The molecule has 1 N–H and O–H groups in total. The molecule has 0 amide bonds. The average molecular weight is 360 g/mol. The largest absolute Gasteiger partial charge is 0.337 e. The quantitative estimate of drug-likeness (QED) is 0.564. The number of imidazole rings is 1. The van der Waals surface area contributed by atoms with Crippen LogP contribution in [0.15, 0.2) is 72.0 Å². The Morgan fingerprint density at radius 1 is 1.04 bits per heavy atom. The molecule has 0 aliphatic heterocycles. The first-order valence-electron chi connectivity index (χ1n) is 8.79. The molecule has 0 saturated carbocycles. The summed E-state index contributed by atoms with van der Waals surface area (Å²) in [5, 5.41) is 7.57. The van der Waals surface area contributed by atoms with Gasteiger partial charge < -0.3 is 9.09 Å². The molecule has 2 atom stereocenters. The van der Waals surface area contributed by atoms with Gasteiger partial charge in [-0.25, -0.2) is 4.98 Å². The van der Waals surface area contributed by atoms with E-state index in [0.29, 0.717) is 11.7 Å². The topological polar surface area (TPSA) is 81.7 Å². The summed E-state index contributed by atoms with van der Waals surface area (Å²) in [5.74, 6) is 1.09. The van der Waals surface area contributed by atoms with Crippen molar-refractivity contribution in [2.45, 2.75) is 25.9 Å². The highest BCUT2D eigenvalue weighted by atomic mass is 16.5. The second-order valence-electron chi connectivity index (χ2n) is 6.37. The van der Waals surface area contributed by atoms with Crippen LogP contribution >= 0.6 is 0 Å². The molecule has 7 nitrogen and oxygen atoms in total. The number of hydrogen-bond donors (Lipinski definition) is 1. The van der Waals surface area contributed by atoms with E-state index in [2.05, 4.69) is 50.5 Å². The molecule has 27 heavy (non-hydrogen) atoms. The molecule has 0 aliphatic carbocycles. The number of benzene rings is 1. The zero-order chi connectivity index (χ0) is 18.6. The molecule has 3 aromatic heterocycles. The summed E-state index contributed by atoms with van der Waals surface area (Å²) in [5.41, 5.74) is 3.07. The summed E-state index contributed by atoms with van der Waals surface area (Å²) in [6.45, 7) is 4.12. The third kappa shape index (κ3) is 3.78. The zero-order valence-corrected chi connectivity index (χ0v) is 15.1. The first kappa shape index (κ1) is 17.1. The fraction of sp³-hybridized carbons (Fsp3) is 0.200. The normalized spacial score (nSPS) is 13.4. The first-order chi connectivity index (χ1) is 13.2. The van der Waals surface area contributed by atoms with Gasteiger partial charge in [0.15, 0.2) is 0 Å². The zero-order valence-electron chi connectivity index (χ0n) is 15.1. The predicted molar refractivity (Wildman–Crippen MR) is 101 cm³/mol. The molecule has 0 spiro atoms. The minimum absolute atomic E-state index is 0.0881. The molecule has 0 saturated heterocycles. The SMILES string of the molecule is C[C@H](N[C@H](C)c1nc(-c2cccnc2)no1)c1cccc(-n2ccnc2)c1. The summed E-state index contributed by atoms with van der Waals surface area (Å²) in [4.78, 5) is 12.7. The van der Waals surface area contributed by atoms with E-state index in [1.54, 1.807) is 24.9 Å². The number of rotatable bonds is 6. The number of hydrogen-bond acceptors (Lipinski definition) is 6. The van der Waals surface area contributed by atoms with Gasteiger partial charge in [-0.1, -0.05) is 17.3 Å². The molecule has 0 fully saturated rings. The molecule has 4 aromatic rings. The van der Waals surface area contributed by atoms with E-state index >= 15 is 0 Å². The van der Waals surface area contributed by atoms with E-state index in [1.807, 2.05) is 35.9 Å². The lowest BCUT2D eigenvalue weighted by Crippen LogP contribution is -2.22. The van der Waals surface area contributed by atoms with Crippen LogP contribution in [0.5, 0.6) is 0 Å². The van der Waals surface area contributed by atoms with Crippen molar-refractivity contribution in [2.75, 3.05) is 0 Å². The lowest BCUT2D eigenvalue weighted by molar-refractivity contribution is 0.328. The molecule has 0 aliphatic rings. The Hall–Kier alpha value is -3.32. The maximum Gasteiger partial charge on any atom is 0.243 e. The Morgan fingerprint density at radius 3 is 2.74 bits per heavy atom. The Bertz CT molecular complexity index is 996. The summed E-state index contributed by atoms with van der Waals surface area (Å²) in [6, 6.07) is 12.1. The molecule has 136 valence electrons. The maximum atomic E-state index is 5.44. The molecule has 0 radical (unpaired) electrons. The van der Waals surface area contributed by atoms with Crippen molar-refractivity contribution in [2.24, 2.45) is 0 Å². The van der Waals surface area contributed by atoms with Gasteiger partial charge in [-0.15, -0.1) is 0 Å². The minimum atomic E-state index is -0.0881. The summed E-state index contributed by atoms with van der Waals surface area (Å²) in [6.07, 6.45) is 8.92. The third-order valence-electron chi connectivity index (χ3n) is 4.40. The fourth-order valence-electron chi connectivity index (χ4n) is 2.93. The van der Waals surface area contributed by atoms with Crippen LogP contribution in [0.2, 0.25) is 0 Å². The Labute approximate surface area is 157 Å². The van der Waals surface area contributed by atoms with Gasteiger partial charge in [0, 0.05) is 42.1 Å². The first-order valence-corrected chi connectivity index (χ1v) is 8.79. The minimum Gasteiger partial charge on any atom is -0.337 e. The Balaban J connectivity index is 1.48. The second kappa shape index (κ2) is 7.51. The third-order valence-corrected chi connectivity index (χ3v) is 4.40. The van der Waals surface area contributed by atoms with Gasteiger partial charge in [-0.2, -0.15) is 4.98 Å². The van der Waals surface area contributed by atoms with Crippen molar-refractivity contribution in [3.63, 3.8) is 0 Å². The molecule has 0 bridgehead atoms. The summed E-state index contributed by atoms with van der Waals surface area (Å²) >= 11 is 0. The van der Waals surface area contributed by atoms with E-state index in [1.165, 1.54) is 5.56 Å². The van der Waals surface area contributed by atoms with Gasteiger partial charge in [-0.3, -0.25) is 10.3 Å². The smallest absolute Gasteiger partial charge is 0.243 e. The van der Waals surface area contributed by atoms with E-state index in [9.17, 15) is 0 Å². The van der Waals surface area contributed by atoms with Crippen LogP contribution in [0, 0.1) is 0 Å². The van der Waals surface area contributed by atoms with Gasteiger partial charge in [0.25, 0.3) is 0 Å². The maximum absolute atomic E-state index is 5.44. The highest BCUT2D eigenvalue weighted by Crippen LogP contribution is 2.22. The van der Waals surface area contributed by atoms with Gasteiger partial charge in [0.05, 0.1) is 12.4 Å². The van der Waals surface area contributed by atoms with Crippen LogP contribution in [0.25, 0.3) is 17.1 Å². The van der Waals surface area contributed by atoms with Gasteiger partial charge in [0.2, 0.25) is 11.7 Å². The molecular weight excluding hydrogens is 340 g/mol. The number of nitrogens with one attached hydrogen (secondary N) is 1. The van der Waals surface area contributed by atoms with E-state index in [0.717, 1.165) is 11.3 Å². The van der Waals surface area contributed by atoms with Crippen molar-refractivity contribution in [1.82, 2.24) is 30.0 Å². The molecule has 1 aromatic carbocycles. The van der Waals surface area contributed by atoms with Crippen molar-refractivity contribution >= 4 is 0 Å². The Kier molecular flexibility index (Phi) is 4.76. The van der Waals surface area contributed by atoms with E-state index in [-0.39, 0.29) is 12.1 Å². The van der Waals surface area contributed by atoms with Gasteiger partial charge in [-0.05, 0) is 43.7 Å². The molecular formula is C20H20N6O. The number of nitrogens with zero attached hydrogens (tertiary/aromatic N) is 5. The lowest BCUT2D eigenvalue weighted by atomic mass is 10.1. The van der Waals surface area contributed by atoms with Crippen molar-refractivity contribution in [3.05, 3.63) is 79.0 Å². The van der Waals surface area contributed by atoms with Crippen molar-refractivity contribution in [3.8, 4) is 17.1 Å². The number of aromatic nitrogens is 5. The van der Waals surface area contributed by atoms with Crippen LogP contribution in [-0.4, -0.2) is 24.7 Å². The fourth-order valence-corrected chi connectivity index (χ4v) is 2.93. The lowest BCUT2D eigenvalue weighted by Gasteiger charge is -2.18. The highest BCUT2D eigenvalue weighted by Gasteiger charge is 2.18. The molecule has 0 unspecified atom stereocenters. The second-order valence-corrected chi connectivity index (χ2v) is 6.37. The monoisotopic (exact) mass is 360 g/mol. The average Bonchev–Trinajstić information content (AvgIpc) is 3.41. The van der Waals surface area contributed by atoms with Gasteiger partial charge in [0.1, 0.15) is 0 Å². The van der Waals surface area contributed by atoms with Crippen LogP contribution < -0.4 is 5.32 Å². The summed E-state index contributed by atoms with van der Waals surface area (Å²) in [7, 11) is 0. The molecule has 7 heteroatoms. The van der Waals surface area contributed by atoms with E-state index < -0.39 is 0 Å². The van der Waals surface area contributed by atoms with Crippen molar-refractivity contribution < 1.29 is 4.52 Å². The Morgan fingerprint density at radius 2 is 1.96 bits per heavy atom. The van der Waals surface area contributed by atoms with Crippen molar-refractivity contribution in [1.29, 1.82) is 0 Å². The standard InChI is InChI=1S/C20H20N6O/c1-14(16-5-3-7-18(11-16)26-10-9-22-13-26)23-15(2)20-24-19(25-27-20)17-6-4-8-21-12-17/h3-15,23H,1-2H3/t14-,15+/m0/s1.